The van der Waals surface area contributed by atoms with E-state index in [4.69, 9.17) is 4.74 Å². The van der Waals surface area contributed by atoms with E-state index in [9.17, 15) is 9.90 Å². The lowest BCUT2D eigenvalue weighted by atomic mass is 9.72. The molecule has 2 saturated heterocycles. The van der Waals surface area contributed by atoms with Gasteiger partial charge >= 0.3 is 5.97 Å². The van der Waals surface area contributed by atoms with Crippen LogP contribution in [0.3, 0.4) is 0 Å². The van der Waals surface area contributed by atoms with Crippen LogP contribution in [0.15, 0.2) is 0 Å². The highest BCUT2D eigenvalue weighted by atomic mass is 16.5. The summed E-state index contributed by atoms with van der Waals surface area (Å²) in [6.45, 7) is 3.04. The Bertz CT molecular complexity index is 236. The Hall–Kier alpha value is -0.610. The lowest BCUT2D eigenvalue weighted by Crippen LogP contribution is -2.39. The lowest BCUT2D eigenvalue weighted by molar-refractivity contribution is -0.146. The van der Waals surface area contributed by atoms with Crippen LogP contribution >= 0.6 is 0 Å². The largest absolute Gasteiger partial charge is 0.481 e. The van der Waals surface area contributed by atoms with Crippen LogP contribution in [0.1, 0.15) is 12.8 Å². The second-order valence-electron chi connectivity index (χ2n) is 4.56. The summed E-state index contributed by atoms with van der Waals surface area (Å²) in [6, 6.07) is 0. The van der Waals surface area contributed by atoms with Gasteiger partial charge < -0.3 is 14.7 Å². The van der Waals surface area contributed by atoms with Gasteiger partial charge in [0.25, 0.3) is 0 Å². The van der Waals surface area contributed by atoms with Crippen molar-refractivity contribution in [3.05, 3.63) is 0 Å². The van der Waals surface area contributed by atoms with Gasteiger partial charge in [0, 0.05) is 31.7 Å². The molecule has 0 aromatic carbocycles. The van der Waals surface area contributed by atoms with E-state index in [1.165, 1.54) is 0 Å². The van der Waals surface area contributed by atoms with Gasteiger partial charge in [-0.2, -0.15) is 0 Å². The summed E-state index contributed by atoms with van der Waals surface area (Å²) in [5, 5.41) is 9.18. The Morgan fingerprint density at radius 2 is 2.14 bits per heavy atom. The molecule has 0 aromatic rings. The molecule has 2 aliphatic heterocycles. The van der Waals surface area contributed by atoms with Crippen molar-refractivity contribution in [2.24, 2.45) is 11.3 Å². The molecule has 2 aliphatic rings. The second kappa shape index (κ2) is 3.51. The van der Waals surface area contributed by atoms with Gasteiger partial charge in [0.15, 0.2) is 0 Å². The average molecular weight is 199 g/mol. The van der Waals surface area contributed by atoms with Crippen LogP contribution in [0.4, 0.5) is 0 Å². The fourth-order valence-electron chi connectivity index (χ4n) is 2.84. The molecule has 0 saturated carbocycles. The third kappa shape index (κ3) is 1.53. The molecule has 1 N–H and O–H groups in total. The first kappa shape index (κ1) is 9.93. The van der Waals surface area contributed by atoms with Gasteiger partial charge in [0.1, 0.15) is 0 Å². The molecule has 0 bridgehead atoms. The van der Waals surface area contributed by atoms with Crippen LogP contribution in [0, 0.1) is 11.3 Å². The molecule has 1 atom stereocenters. The standard InChI is InChI=1S/C10H17NO3/c1-11-6-8(9(12)13)10(7-11)2-4-14-5-3-10/h8H,2-7H2,1H3,(H,12,13)/t8-/m1/s1. The number of carboxylic acids is 1. The maximum absolute atomic E-state index is 11.2. The number of rotatable bonds is 1. The number of carbonyl (C=O) groups is 1. The average Bonchev–Trinajstić information content (AvgIpc) is 2.44. The first-order chi connectivity index (χ1) is 6.64. The number of nitrogens with zero attached hydrogens (tertiary/aromatic N) is 1. The van der Waals surface area contributed by atoms with Crippen molar-refractivity contribution in [1.82, 2.24) is 4.90 Å². The molecule has 0 aliphatic carbocycles. The Morgan fingerprint density at radius 3 is 2.71 bits per heavy atom. The number of carboxylic acid groups (broad SMARTS) is 1. The molecule has 2 heterocycles. The predicted octanol–water partition coefficient (Wildman–Crippen LogP) is 0.429. The SMILES string of the molecule is CN1C[C@H](C(=O)O)C2(CCOCC2)C1. The van der Waals surface area contributed by atoms with Crippen molar-refractivity contribution in [2.45, 2.75) is 12.8 Å². The van der Waals surface area contributed by atoms with Gasteiger partial charge in [-0.15, -0.1) is 0 Å². The minimum atomic E-state index is -0.642. The molecule has 4 nitrogen and oxygen atoms in total. The minimum absolute atomic E-state index is 0.0150. The monoisotopic (exact) mass is 199 g/mol. The van der Waals surface area contributed by atoms with Gasteiger partial charge in [-0.3, -0.25) is 4.79 Å². The molecule has 80 valence electrons. The smallest absolute Gasteiger partial charge is 0.308 e. The Kier molecular flexibility index (Phi) is 2.49. The summed E-state index contributed by atoms with van der Waals surface area (Å²) in [5.41, 5.74) is -0.0150. The van der Waals surface area contributed by atoms with Crippen molar-refractivity contribution in [2.75, 3.05) is 33.4 Å². The van der Waals surface area contributed by atoms with Gasteiger partial charge in [-0.05, 0) is 19.9 Å². The molecule has 4 heteroatoms. The fraction of sp³-hybridized carbons (Fsp3) is 0.900. The quantitative estimate of drug-likeness (QED) is 0.665. The highest BCUT2D eigenvalue weighted by molar-refractivity contribution is 5.72. The topological polar surface area (TPSA) is 49.8 Å². The summed E-state index contributed by atoms with van der Waals surface area (Å²) >= 11 is 0. The molecule has 2 fully saturated rings. The first-order valence-electron chi connectivity index (χ1n) is 5.13. The summed E-state index contributed by atoms with van der Waals surface area (Å²) < 4.78 is 5.31. The van der Waals surface area contributed by atoms with Crippen LogP contribution in [0.5, 0.6) is 0 Å². The molecule has 0 amide bonds. The third-order valence-corrected chi connectivity index (χ3v) is 3.60. The van der Waals surface area contributed by atoms with Crippen LogP contribution in [-0.4, -0.2) is 49.3 Å². The highest BCUT2D eigenvalue weighted by Crippen LogP contribution is 2.43. The molecule has 1 spiro atoms. The van der Waals surface area contributed by atoms with Gasteiger partial charge in [0.05, 0.1) is 5.92 Å². The fourth-order valence-corrected chi connectivity index (χ4v) is 2.84. The maximum Gasteiger partial charge on any atom is 0.308 e. The van der Waals surface area contributed by atoms with Crippen molar-refractivity contribution >= 4 is 5.97 Å². The number of hydrogen-bond donors (Lipinski definition) is 1. The normalized spacial score (nSPS) is 32.2. The zero-order valence-electron chi connectivity index (χ0n) is 8.53. The summed E-state index contributed by atoms with van der Waals surface area (Å²) in [5.74, 6) is -0.840. The molecule has 0 unspecified atom stereocenters. The summed E-state index contributed by atoms with van der Waals surface area (Å²) in [7, 11) is 2.00. The van der Waals surface area contributed by atoms with Gasteiger partial charge in [-0.1, -0.05) is 0 Å². The molecule has 0 radical (unpaired) electrons. The van der Waals surface area contributed by atoms with Crippen LogP contribution in [0.25, 0.3) is 0 Å². The van der Waals surface area contributed by atoms with E-state index in [1.54, 1.807) is 0 Å². The number of likely N-dealkylation sites (tertiary alicyclic amines) is 1. The van der Waals surface area contributed by atoms with Gasteiger partial charge in [-0.25, -0.2) is 0 Å². The van der Waals surface area contributed by atoms with E-state index < -0.39 is 5.97 Å². The first-order valence-corrected chi connectivity index (χ1v) is 5.13. The summed E-state index contributed by atoms with van der Waals surface area (Å²) in [4.78, 5) is 13.3. The lowest BCUT2D eigenvalue weighted by Gasteiger charge is -2.36. The zero-order chi connectivity index (χ0) is 10.2. The minimum Gasteiger partial charge on any atom is -0.481 e. The van der Waals surface area contributed by atoms with E-state index in [1.807, 2.05) is 7.05 Å². The molecular formula is C10H17NO3. The van der Waals surface area contributed by atoms with Crippen molar-refractivity contribution in [3.63, 3.8) is 0 Å². The van der Waals surface area contributed by atoms with Crippen molar-refractivity contribution in [1.29, 1.82) is 0 Å². The molecular weight excluding hydrogens is 182 g/mol. The van der Waals surface area contributed by atoms with Crippen molar-refractivity contribution in [3.8, 4) is 0 Å². The predicted molar refractivity (Wildman–Crippen MR) is 51.1 cm³/mol. The Labute approximate surface area is 83.8 Å². The van der Waals surface area contributed by atoms with Crippen LogP contribution < -0.4 is 0 Å². The third-order valence-electron chi connectivity index (χ3n) is 3.60. The molecule has 14 heavy (non-hydrogen) atoms. The van der Waals surface area contributed by atoms with E-state index in [0.29, 0.717) is 6.54 Å². The summed E-state index contributed by atoms with van der Waals surface area (Å²) in [6.07, 6.45) is 1.79. The number of aliphatic carboxylic acids is 1. The van der Waals surface area contributed by atoms with E-state index >= 15 is 0 Å². The van der Waals surface area contributed by atoms with Crippen molar-refractivity contribution < 1.29 is 14.6 Å². The Balaban J connectivity index is 2.17. The Morgan fingerprint density at radius 1 is 1.50 bits per heavy atom. The van der Waals surface area contributed by atoms with Crippen LogP contribution in [0.2, 0.25) is 0 Å². The molecule has 0 aromatic heterocycles. The highest BCUT2D eigenvalue weighted by Gasteiger charge is 2.49. The second-order valence-corrected chi connectivity index (χ2v) is 4.56. The van der Waals surface area contributed by atoms with Gasteiger partial charge in [0.2, 0.25) is 0 Å². The zero-order valence-corrected chi connectivity index (χ0v) is 8.53. The van der Waals surface area contributed by atoms with Crippen LogP contribution in [-0.2, 0) is 9.53 Å². The number of hydrogen-bond acceptors (Lipinski definition) is 3. The van der Waals surface area contributed by atoms with E-state index in [0.717, 1.165) is 32.6 Å². The number of ether oxygens (including phenoxy) is 1. The van der Waals surface area contributed by atoms with E-state index in [-0.39, 0.29) is 11.3 Å². The molecule has 2 rings (SSSR count). The maximum atomic E-state index is 11.2. The van der Waals surface area contributed by atoms with E-state index in [2.05, 4.69) is 4.90 Å².